The number of aliphatic hydroxyl groups is 2. The van der Waals surface area contributed by atoms with E-state index in [1.54, 1.807) is 5.57 Å². The van der Waals surface area contributed by atoms with Gasteiger partial charge in [-0.15, -0.1) is 0 Å². The van der Waals surface area contributed by atoms with Crippen LogP contribution in [0, 0.1) is 23.2 Å². The van der Waals surface area contributed by atoms with E-state index in [0.29, 0.717) is 5.41 Å². The molecule has 0 saturated heterocycles. The SMILES string of the molecule is C=C1CC/C(=C/C=C2\CCC[C@@]3(C)C2CCC3[C@H](C)CCCC(C)(C)O)C[C@H]1O. The van der Waals surface area contributed by atoms with Crippen molar-refractivity contribution in [1.29, 1.82) is 0 Å². The number of allylic oxidation sites excluding steroid dienone is 3. The van der Waals surface area contributed by atoms with Crippen molar-refractivity contribution in [2.45, 2.75) is 110 Å². The summed E-state index contributed by atoms with van der Waals surface area (Å²) in [6.07, 6.45) is 17.1. The minimum absolute atomic E-state index is 0.342. The lowest BCUT2D eigenvalue weighted by atomic mass is 9.60. The van der Waals surface area contributed by atoms with Gasteiger partial charge >= 0.3 is 0 Å². The van der Waals surface area contributed by atoms with Gasteiger partial charge in [-0.2, -0.15) is 0 Å². The summed E-state index contributed by atoms with van der Waals surface area (Å²) in [6.45, 7) is 12.9. The van der Waals surface area contributed by atoms with E-state index in [-0.39, 0.29) is 6.10 Å². The van der Waals surface area contributed by atoms with Gasteiger partial charge in [0.15, 0.2) is 0 Å². The predicted octanol–water partition coefficient (Wildman–Crippen LogP) is 6.73. The average molecular weight is 401 g/mol. The molecule has 0 radical (unpaired) electrons. The molecule has 3 aliphatic rings. The Morgan fingerprint density at radius 1 is 1.21 bits per heavy atom. The highest BCUT2D eigenvalue weighted by Crippen LogP contribution is 2.59. The molecule has 3 saturated carbocycles. The van der Waals surface area contributed by atoms with Crippen molar-refractivity contribution in [2.24, 2.45) is 23.2 Å². The van der Waals surface area contributed by atoms with Gasteiger partial charge in [-0.1, -0.05) is 56.6 Å². The third-order valence-electron chi connectivity index (χ3n) is 8.40. The van der Waals surface area contributed by atoms with Crippen molar-refractivity contribution in [3.63, 3.8) is 0 Å². The van der Waals surface area contributed by atoms with E-state index in [0.717, 1.165) is 55.4 Å². The van der Waals surface area contributed by atoms with Gasteiger partial charge in [0.2, 0.25) is 0 Å². The Morgan fingerprint density at radius 2 is 1.97 bits per heavy atom. The quantitative estimate of drug-likeness (QED) is 0.485. The van der Waals surface area contributed by atoms with E-state index in [2.05, 4.69) is 32.6 Å². The maximum Gasteiger partial charge on any atom is 0.0784 e. The lowest BCUT2D eigenvalue weighted by Gasteiger charge is -2.44. The van der Waals surface area contributed by atoms with E-state index in [1.807, 2.05) is 13.8 Å². The molecular formula is C27H44O2. The zero-order chi connectivity index (χ0) is 21.2. The maximum atomic E-state index is 10.1. The second-order valence-corrected chi connectivity index (χ2v) is 11.2. The third kappa shape index (κ3) is 5.44. The van der Waals surface area contributed by atoms with Crippen LogP contribution in [0.25, 0.3) is 0 Å². The van der Waals surface area contributed by atoms with Crippen molar-refractivity contribution < 1.29 is 10.2 Å². The van der Waals surface area contributed by atoms with Gasteiger partial charge in [-0.05, 0) is 100 Å². The van der Waals surface area contributed by atoms with Crippen LogP contribution in [0.3, 0.4) is 0 Å². The summed E-state index contributed by atoms with van der Waals surface area (Å²) in [5.41, 5.74) is 3.96. The lowest BCUT2D eigenvalue weighted by Crippen LogP contribution is -2.36. The molecule has 164 valence electrons. The second-order valence-electron chi connectivity index (χ2n) is 11.2. The van der Waals surface area contributed by atoms with Crippen molar-refractivity contribution in [3.8, 4) is 0 Å². The average Bonchev–Trinajstić information content (AvgIpc) is 2.99. The van der Waals surface area contributed by atoms with Gasteiger partial charge in [0.05, 0.1) is 11.7 Å². The molecule has 0 spiro atoms. The normalized spacial score (nSPS) is 37.2. The van der Waals surface area contributed by atoms with Crippen LogP contribution in [0.1, 0.15) is 98.3 Å². The van der Waals surface area contributed by atoms with Crippen LogP contribution < -0.4 is 0 Å². The number of aliphatic hydroxyl groups excluding tert-OH is 1. The van der Waals surface area contributed by atoms with Gasteiger partial charge < -0.3 is 10.2 Å². The highest BCUT2D eigenvalue weighted by Gasteiger charge is 2.50. The molecule has 5 atom stereocenters. The Kier molecular flexibility index (Phi) is 7.16. The van der Waals surface area contributed by atoms with Crippen LogP contribution in [0.4, 0.5) is 0 Å². The molecule has 2 heteroatoms. The molecule has 2 nitrogen and oxygen atoms in total. The van der Waals surface area contributed by atoms with Gasteiger partial charge in [-0.3, -0.25) is 0 Å². The van der Waals surface area contributed by atoms with E-state index in [1.165, 1.54) is 44.1 Å². The van der Waals surface area contributed by atoms with Crippen LogP contribution in [-0.4, -0.2) is 21.9 Å². The fourth-order valence-corrected chi connectivity index (χ4v) is 6.63. The molecular weight excluding hydrogens is 356 g/mol. The molecule has 0 aromatic heterocycles. The molecule has 0 bridgehead atoms. The summed E-state index contributed by atoms with van der Waals surface area (Å²) in [4.78, 5) is 0. The first-order valence-electron chi connectivity index (χ1n) is 12.1. The van der Waals surface area contributed by atoms with Gasteiger partial charge in [-0.25, -0.2) is 0 Å². The summed E-state index contributed by atoms with van der Waals surface area (Å²) >= 11 is 0. The molecule has 0 aromatic rings. The Balaban J connectivity index is 1.65. The first kappa shape index (κ1) is 22.8. The fourth-order valence-electron chi connectivity index (χ4n) is 6.63. The molecule has 3 aliphatic carbocycles. The smallest absolute Gasteiger partial charge is 0.0784 e. The van der Waals surface area contributed by atoms with E-state index in [4.69, 9.17) is 0 Å². The predicted molar refractivity (Wildman–Crippen MR) is 123 cm³/mol. The summed E-state index contributed by atoms with van der Waals surface area (Å²) in [5, 5.41) is 20.1. The van der Waals surface area contributed by atoms with Gasteiger partial charge in [0, 0.05) is 0 Å². The summed E-state index contributed by atoms with van der Waals surface area (Å²) < 4.78 is 0. The molecule has 3 fully saturated rings. The minimum Gasteiger partial charge on any atom is -0.390 e. The molecule has 3 rings (SSSR count). The van der Waals surface area contributed by atoms with Crippen LogP contribution >= 0.6 is 0 Å². The Hall–Kier alpha value is -0.860. The number of fused-ring (bicyclic) bond motifs is 1. The third-order valence-corrected chi connectivity index (χ3v) is 8.40. The van der Waals surface area contributed by atoms with Crippen LogP contribution in [-0.2, 0) is 0 Å². The number of rotatable bonds is 6. The highest BCUT2D eigenvalue weighted by molar-refractivity contribution is 5.28. The summed E-state index contributed by atoms with van der Waals surface area (Å²) in [5.74, 6) is 2.29. The molecule has 0 aromatic carbocycles. The van der Waals surface area contributed by atoms with Crippen molar-refractivity contribution >= 4 is 0 Å². The molecule has 0 aliphatic heterocycles. The molecule has 29 heavy (non-hydrogen) atoms. The molecule has 0 amide bonds. The monoisotopic (exact) mass is 400 g/mol. The zero-order valence-electron chi connectivity index (χ0n) is 19.3. The topological polar surface area (TPSA) is 40.5 Å². The second kappa shape index (κ2) is 9.10. The number of hydrogen-bond acceptors (Lipinski definition) is 2. The fraction of sp³-hybridized carbons (Fsp3) is 0.778. The van der Waals surface area contributed by atoms with Crippen molar-refractivity contribution in [3.05, 3.63) is 35.5 Å². The maximum absolute atomic E-state index is 10.1. The van der Waals surface area contributed by atoms with Crippen LogP contribution in [0.2, 0.25) is 0 Å². The summed E-state index contributed by atoms with van der Waals surface area (Å²) in [7, 11) is 0. The Morgan fingerprint density at radius 3 is 2.66 bits per heavy atom. The standard InChI is InChI=1S/C27H44O2/c1-19(8-6-16-26(3,4)29)23-14-15-24-22(9-7-17-27(23,24)5)13-12-21-11-10-20(2)25(28)18-21/h12-13,19,23-25,28-29H,2,6-11,14-18H2,1,3-5H3/b21-12-,22-13+/t19-,23?,24?,25-,27-/m1/s1. The molecule has 2 unspecified atom stereocenters. The van der Waals surface area contributed by atoms with Gasteiger partial charge in [0.1, 0.15) is 0 Å². The first-order chi connectivity index (χ1) is 13.6. The van der Waals surface area contributed by atoms with E-state index >= 15 is 0 Å². The van der Waals surface area contributed by atoms with Gasteiger partial charge in [0.25, 0.3) is 0 Å². The highest BCUT2D eigenvalue weighted by atomic mass is 16.3. The minimum atomic E-state index is -0.533. The van der Waals surface area contributed by atoms with Crippen molar-refractivity contribution in [2.75, 3.05) is 0 Å². The largest absolute Gasteiger partial charge is 0.390 e. The van der Waals surface area contributed by atoms with Crippen LogP contribution in [0.5, 0.6) is 0 Å². The zero-order valence-corrected chi connectivity index (χ0v) is 19.3. The lowest BCUT2D eigenvalue weighted by molar-refractivity contribution is 0.0596. The Bertz CT molecular complexity index is 650. The van der Waals surface area contributed by atoms with E-state index < -0.39 is 5.60 Å². The molecule has 0 heterocycles. The Labute approximate surface area is 179 Å². The van der Waals surface area contributed by atoms with Crippen LogP contribution in [0.15, 0.2) is 35.5 Å². The van der Waals surface area contributed by atoms with E-state index in [9.17, 15) is 10.2 Å². The molecule has 2 N–H and O–H groups in total. The number of hydrogen-bond donors (Lipinski definition) is 2. The first-order valence-corrected chi connectivity index (χ1v) is 12.1. The summed E-state index contributed by atoms with van der Waals surface area (Å²) in [6, 6.07) is 0. The van der Waals surface area contributed by atoms with Crippen molar-refractivity contribution in [1.82, 2.24) is 0 Å².